The minimum atomic E-state index is -0.629. The Kier molecular flexibility index (Phi) is 6.52. The number of amides is 1. The maximum atomic E-state index is 12.8. The molecular weight excluding hydrogens is 420 g/mol. The molecule has 0 unspecified atom stereocenters. The molecule has 0 saturated carbocycles. The number of rotatable bonds is 7. The average Bonchev–Trinajstić information content (AvgIpc) is 2.75. The number of nitro benzene ring substituents is 1. The Bertz CT molecular complexity index is 1180. The van der Waals surface area contributed by atoms with Crippen molar-refractivity contribution in [3.63, 3.8) is 0 Å². The van der Waals surface area contributed by atoms with Crippen molar-refractivity contribution in [2.24, 2.45) is 0 Å². The number of carbonyl (C=O) groups excluding carboxylic acids is 2. The minimum Gasteiger partial charge on any atom is -0.307 e. The van der Waals surface area contributed by atoms with Gasteiger partial charge in [0.1, 0.15) is 5.82 Å². The molecule has 0 spiro atoms. The molecule has 3 aromatic rings. The smallest absolute Gasteiger partial charge is 0.270 e. The molecule has 0 aliphatic heterocycles. The minimum absolute atomic E-state index is 0.00579. The van der Waals surface area contributed by atoms with Crippen molar-refractivity contribution in [3.05, 3.63) is 98.2 Å². The van der Waals surface area contributed by atoms with Crippen molar-refractivity contribution >= 4 is 40.5 Å². The molecule has 156 valence electrons. The van der Waals surface area contributed by atoms with Crippen molar-refractivity contribution in [1.29, 1.82) is 5.41 Å². The number of Topliss-reactive ketones (excluding diaryl/α,β-unsaturated/α-hetero) is 1. The lowest BCUT2D eigenvalue weighted by atomic mass is 9.97. The Morgan fingerprint density at radius 2 is 1.77 bits per heavy atom. The maximum absolute atomic E-state index is 12.8. The van der Waals surface area contributed by atoms with Crippen LogP contribution in [0.1, 0.15) is 38.8 Å². The molecule has 9 heteroatoms. The monoisotopic (exact) mass is 436 g/mol. The summed E-state index contributed by atoms with van der Waals surface area (Å²) in [6, 6.07) is 13.4. The van der Waals surface area contributed by atoms with Crippen LogP contribution in [0.15, 0.2) is 60.8 Å². The van der Waals surface area contributed by atoms with Crippen LogP contribution in [0.4, 0.5) is 11.5 Å². The van der Waals surface area contributed by atoms with Crippen LogP contribution in [0.25, 0.3) is 0 Å². The number of pyridine rings is 1. The van der Waals surface area contributed by atoms with E-state index in [-0.39, 0.29) is 29.3 Å². The van der Waals surface area contributed by atoms with Gasteiger partial charge in [-0.1, -0.05) is 41.9 Å². The Labute approximate surface area is 182 Å². The highest BCUT2D eigenvalue weighted by atomic mass is 35.5. The van der Waals surface area contributed by atoms with Gasteiger partial charge in [0.05, 0.1) is 15.5 Å². The molecule has 1 heterocycles. The SMILES string of the molecule is CC(=N)c1ccc(C(=O)Cc2ccc([N+](=O)[O-])cc2C(=O)Nc2ccc(Cl)cn2)cc1. The van der Waals surface area contributed by atoms with Crippen molar-refractivity contribution in [2.75, 3.05) is 5.32 Å². The van der Waals surface area contributed by atoms with Crippen LogP contribution in [-0.2, 0) is 6.42 Å². The van der Waals surface area contributed by atoms with E-state index in [1.165, 1.54) is 24.4 Å². The van der Waals surface area contributed by atoms with Crippen LogP contribution >= 0.6 is 11.6 Å². The van der Waals surface area contributed by atoms with E-state index in [1.54, 1.807) is 37.3 Å². The summed E-state index contributed by atoms with van der Waals surface area (Å²) in [6.07, 6.45) is 1.23. The number of anilines is 1. The fraction of sp³-hybridized carbons (Fsp3) is 0.0909. The quantitative estimate of drug-likeness (QED) is 0.240. The van der Waals surface area contributed by atoms with Crippen LogP contribution in [0.2, 0.25) is 5.02 Å². The summed E-state index contributed by atoms with van der Waals surface area (Å²) >= 11 is 5.79. The normalized spacial score (nSPS) is 10.4. The fourth-order valence-corrected chi connectivity index (χ4v) is 2.97. The van der Waals surface area contributed by atoms with Gasteiger partial charge in [0.2, 0.25) is 0 Å². The molecule has 2 aromatic carbocycles. The van der Waals surface area contributed by atoms with Crippen LogP contribution in [0.3, 0.4) is 0 Å². The molecule has 1 amide bonds. The van der Waals surface area contributed by atoms with Crippen molar-refractivity contribution in [2.45, 2.75) is 13.3 Å². The number of nitro groups is 1. The molecule has 1 aromatic heterocycles. The number of benzene rings is 2. The second kappa shape index (κ2) is 9.27. The van der Waals surface area contributed by atoms with Gasteiger partial charge in [0, 0.05) is 36.0 Å². The number of hydrogen-bond donors (Lipinski definition) is 2. The van der Waals surface area contributed by atoms with Gasteiger partial charge >= 0.3 is 0 Å². The number of nitrogens with zero attached hydrogens (tertiary/aromatic N) is 2. The highest BCUT2D eigenvalue weighted by Gasteiger charge is 2.20. The molecule has 0 saturated heterocycles. The van der Waals surface area contributed by atoms with Crippen LogP contribution in [-0.4, -0.2) is 27.3 Å². The third-order valence-electron chi connectivity index (χ3n) is 4.51. The Morgan fingerprint density at radius 3 is 2.35 bits per heavy atom. The molecule has 0 aliphatic rings. The molecule has 0 aliphatic carbocycles. The lowest BCUT2D eigenvalue weighted by Gasteiger charge is -2.10. The van der Waals surface area contributed by atoms with E-state index < -0.39 is 10.8 Å². The van der Waals surface area contributed by atoms with Crippen molar-refractivity contribution < 1.29 is 14.5 Å². The average molecular weight is 437 g/mol. The summed E-state index contributed by atoms with van der Waals surface area (Å²) in [7, 11) is 0. The largest absolute Gasteiger partial charge is 0.307 e. The molecule has 0 bridgehead atoms. The van der Waals surface area contributed by atoms with Gasteiger partial charge in [0.25, 0.3) is 11.6 Å². The summed E-state index contributed by atoms with van der Waals surface area (Å²) in [5, 5.41) is 21.8. The second-order valence-electron chi connectivity index (χ2n) is 6.72. The van der Waals surface area contributed by atoms with Gasteiger partial charge in [-0.15, -0.1) is 0 Å². The molecule has 3 rings (SSSR count). The lowest BCUT2D eigenvalue weighted by molar-refractivity contribution is -0.384. The van der Waals surface area contributed by atoms with Crippen molar-refractivity contribution in [1.82, 2.24) is 4.98 Å². The first-order valence-electron chi connectivity index (χ1n) is 9.13. The third-order valence-corrected chi connectivity index (χ3v) is 4.73. The Hall–Kier alpha value is -3.91. The fourth-order valence-electron chi connectivity index (χ4n) is 2.86. The van der Waals surface area contributed by atoms with Crippen LogP contribution in [0, 0.1) is 15.5 Å². The summed E-state index contributed by atoms with van der Waals surface area (Å²) in [6.45, 7) is 1.65. The number of ketones is 1. The van der Waals surface area contributed by atoms with E-state index in [0.29, 0.717) is 27.4 Å². The molecule has 31 heavy (non-hydrogen) atoms. The Balaban J connectivity index is 1.89. The number of carbonyl (C=O) groups is 2. The number of halogens is 1. The van der Waals surface area contributed by atoms with E-state index in [1.807, 2.05) is 0 Å². The number of non-ortho nitro benzene ring substituents is 1. The zero-order valence-electron chi connectivity index (χ0n) is 16.4. The zero-order chi connectivity index (χ0) is 22.5. The summed E-state index contributed by atoms with van der Waals surface area (Å²) < 4.78 is 0. The number of hydrogen-bond acceptors (Lipinski definition) is 6. The molecule has 2 N–H and O–H groups in total. The standard InChI is InChI=1S/C22H17ClN4O4/c1-13(24)14-2-4-15(5-3-14)20(28)10-16-6-8-18(27(30)31)11-19(16)22(29)26-21-9-7-17(23)12-25-21/h2-9,11-12,24H,10H2,1H3,(H,25,26,29). The van der Waals surface area contributed by atoms with Crippen LogP contribution < -0.4 is 5.32 Å². The summed E-state index contributed by atoms with van der Waals surface area (Å²) in [5.41, 5.74) is 1.57. The zero-order valence-corrected chi connectivity index (χ0v) is 17.1. The van der Waals surface area contributed by atoms with Crippen LogP contribution in [0.5, 0.6) is 0 Å². The van der Waals surface area contributed by atoms with E-state index in [0.717, 1.165) is 6.07 Å². The first kappa shape index (κ1) is 21.8. The van der Waals surface area contributed by atoms with Gasteiger partial charge in [-0.05, 0) is 30.2 Å². The van der Waals surface area contributed by atoms with Gasteiger partial charge in [-0.25, -0.2) is 4.98 Å². The molecular formula is C22H17ClN4O4. The van der Waals surface area contributed by atoms with Crippen molar-refractivity contribution in [3.8, 4) is 0 Å². The topological polar surface area (TPSA) is 126 Å². The van der Waals surface area contributed by atoms with Gasteiger partial charge in [-0.3, -0.25) is 19.7 Å². The molecule has 0 atom stereocenters. The maximum Gasteiger partial charge on any atom is 0.270 e. The Morgan fingerprint density at radius 1 is 1.10 bits per heavy atom. The van der Waals surface area contributed by atoms with Gasteiger partial charge in [0.15, 0.2) is 5.78 Å². The summed E-state index contributed by atoms with van der Waals surface area (Å²) in [5.74, 6) is -0.673. The van der Waals surface area contributed by atoms with E-state index in [9.17, 15) is 19.7 Å². The number of nitrogens with one attached hydrogen (secondary N) is 2. The third kappa shape index (κ3) is 5.37. The van der Waals surface area contributed by atoms with Gasteiger partial charge in [-0.2, -0.15) is 0 Å². The van der Waals surface area contributed by atoms with E-state index in [2.05, 4.69) is 10.3 Å². The predicted molar refractivity (Wildman–Crippen MR) is 117 cm³/mol. The lowest BCUT2D eigenvalue weighted by Crippen LogP contribution is -2.17. The predicted octanol–water partition coefficient (Wildman–Crippen LogP) is 4.71. The molecule has 0 fully saturated rings. The molecule has 0 radical (unpaired) electrons. The van der Waals surface area contributed by atoms with E-state index in [4.69, 9.17) is 17.0 Å². The first-order valence-corrected chi connectivity index (χ1v) is 9.51. The highest BCUT2D eigenvalue weighted by Crippen LogP contribution is 2.21. The number of aromatic nitrogens is 1. The first-order chi connectivity index (χ1) is 14.7. The highest BCUT2D eigenvalue weighted by molar-refractivity contribution is 6.30. The summed E-state index contributed by atoms with van der Waals surface area (Å²) in [4.78, 5) is 40.1. The van der Waals surface area contributed by atoms with E-state index >= 15 is 0 Å². The van der Waals surface area contributed by atoms with Gasteiger partial charge < -0.3 is 10.7 Å². The second-order valence-corrected chi connectivity index (χ2v) is 7.15. The molecule has 8 nitrogen and oxygen atoms in total.